The highest BCUT2D eigenvalue weighted by atomic mass is 16.5. The average molecular weight is 442 g/mol. The van der Waals surface area contributed by atoms with Gasteiger partial charge in [-0.2, -0.15) is 0 Å². The van der Waals surface area contributed by atoms with Crippen LogP contribution in [0, 0.1) is 0 Å². The van der Waals surface area contributed by atoms with Gasteiger partial charge in [0.2, 0.25) is 5.91 Å². The quantitative estimate of drug-likeness (QED) is 0.148. The maximum absolute atomic E-state index is 11.8. The number of amides is 1. The molecule has 0 saturated heterocycles. The van der Waals surface area contributed by atoms with Crippen molar-refractivity contribution in [1.29, 1.82) is 0 Å². The Balaban J connectivity index is 2.03. The molecule has 1 amide bonds. The maximum Gasteiger partial charge on any atom is 0.247 e. The van der Waals surface area contributed by atoms with Crippen LogP contribution in [0.2, 0.25) is 0 Å². The van der Waals surface area contributed by atoms with E-state index in [0.717, 1.165) is 36.9 Å². The van der Waals surface area contributed by atoms with E-state index in [2.05, 4.69) is 23.5 Å². The number of aliphatic hydroxyl groups excluding tert-OH is 2. The number of phenolic OH excluding ortho intramolecular Hbond substituents is 4. The molecule has 3 rings (SSSR count). The normalized spacial score (nSPS) is 22.2. The lowest BCUT2D eigenvalue weighted by Gasteiger charge is -2.47. The fraction of sp³-hybridized carbons (Fsp3) is 0.182. The number of anilines is 1. The molecule has 0 aromatic heterocycles. The van der Waals surface area contributed by atoms with Gasteiger partial charge in [-0.15, -0.1) is 0 Å². The molecule has 1 saturated carbocycles. The minimum absolute atomic E-state index is 0.00689. The summed E-state index contributed by atoms with van der Waals surface area (Å²) in [6.45, 7) is 6.69. The molecule has 0 aliphatic heterocycles. The largest absolute Gasteiger partial charge is 0.508 e. The van der Waals surface area contributed by atoms with Crippen molar-refractivity contribution in [2.24, 2.45) is 4.99 Å². The number of aliphatic hydroxyl groups is 2. The number of benzene rings is 2. The number of carbonyl (C=O) groups is 1. The first-order chi connectivity index (χ1) is 15.2. The Morgan fingerprint density at radius 1 is 0.938 bits per heavy atom. The van der Waals surface area contributed by atoms with Gasteiger partial charge < -0.3 is 40.7 Å². The van der Waals surface area contributed by atoms with Crippen molar-refractivity contribution >= 4 is 23.7 Å². The summed E-state index contributed by atoms with van der Waals surface area (Å²) in [4.78, 5) is 15.7. The highest BCUT2D eigenvalue weighted by Crippen LogP contribution is 2.56. The lowest BCUT2D eigenvalue weighted by atomic mass is 9.62. The van der Waals surface area contributed by atoms with Crippen molar-refractivity contribution in [3.05, 3.63) is 60.9 Å². The summed E-state index contributed by atoms with van der Waals surface area (Å²) >= 11 is 0. The van der Waals surface area contributed by atoms with Crippen molar-refractivity contribution in [3.63, 3.8) is 0 Å². The number of carbonyl (C=O) groups excluding carboxylic acids is 1. The number of ether oxygens (including phenoxy) is 1. The molecular formula is C22H22N2O8. The third kappa shape index (κ3) is 4.09. The summed E-state index contributed by atoms with van der Waals surface area (Å²) in [6, 6.07) is 4.40. The number of hydrogen-bond donors (Lipinski definition) is 7. The van der Waals surface area contributed by atoms with Crippen molar-refractivity contribution < 1.29 is 40.2 Å². The number of phenols is 4. The van der Waals surface area contributed by atoms with Crippen molar-refractivity contribution in [3.8, 4) is 23.0 Å². The monoisotopic (exact) mass is 442 g/mol. The lowest BCUT2D eigenvalue weighted by Crippen LogP contribution is -2.52. The van der Waals surface area contributed by atoms with Crippen LogP contribution in [-0.4, -0.2) is 55.2 Å². The average Bonchev–Trinajstić information content (AvgIpc) is 2.72. The molecule has 2 aromatic carbocycles. The van der Waals surface area contributed by atoms with Crippen LogP contribution in [0.15, 0.2) is 54.8 Å². The minimum Gasteiger partial charge on any atom is -0.508 e. The molecule has 7 N–H and O–H groups in total. The molecule has 0 bridgehead atoms. The number of nitrogens with one attached hydrogen (secondary N) is 1. The Kier molecular flexibility index (Phi) is 6.37. The van der Waals surface area contributed by atoms with Gasteiger partial charge in [0.25, 0.3) is 0 Å². The summed E-state index contributed by atoms with van der Waals surface area (Å²) in [7, 11) is 0. The zero-order valence-electron chi connectivity index (χ0n) is 16.7. The molecule has 1 aliphatic carbocycles. The van der Waals surface area contributed by atoms with Crippen molar-refractivity contribution in [2.75, 3.05) is 5.32 Å². The molecule has 0 heterocycles. The lowest BCUT2D eigenvalue weighted by molar-refractivity contribution is -0.112. The second-order valence-corrected chi connectivity index (χ2v) is 7.09. The highest BCUT2D eigenvalue weighted by molar-refractivity contribution is 6.00. The van der Waals surface area contributed by atoms with E-state index in [1.807, 2.05) is 0 Å². The van der Waals surface area contributed by atoms with Crippen LogP contribution in [0.3, 0.4) is 0 Å². The van der Waals surface area contributed by atoms with Crippen LogP contribution in [-0.2, 0) is 9.53 Å². The molecular weight excluding hydrogens is 420 g/mol. The SMILES string of the molecule is C=COC=Nc1cc(O)cc(O)c1C1C(O)C(c2c(O)cc(O)cc2NC(=O)C=C)C1O. The molecule has 1 aliphatic rings. The summed E-state index contributed by atoms with van der Waals surface area (Å²) in [5, 5.41) is 64.6. The molecule has 2 atom stereocenters. The molecule has 168 valence electrons. The van der Waals surface area contributed by atoms with Gasteiger partial charge in [0, 0.05) is 47.2 Å². The third-order valence-corrected chi connectivity index (χ3v) is 5.19. The van der Waals surface area contributed by atoms with Crippen LogP contribution in [0.5, 0.6) is 23.0 Å². The van der Waals surface area contributed by atoms with E-state index in [4.69, 9.17) is 4.74 Å². The van der Waals surface area contributed by atoms with E-state index in [-0.39, 0.29) is 34.0 Å². The first-order valence-electron chi connectivity index (χ1n) is 9.39. The summed E-state index contributed by atoms with van der Waals surface area (Å²) in [5.41, 5.74) is 0.0352. The van der Waals surface area contributed by atoms with E-state index in [1.54, 1.807) is 0 Å². The van der Waals surface area contributed by atoms with Gasteiger partial charge in [0.05, 0.1) is 29.8 Å². The summed E-state index contributed by atoms with van der Waals surface area (Å²) in [5.74, 6) is -4.32. The number of rotatable bonds is 7. The van der Waals surface area contributed by atoms with Crippen molar-refractivity contribution in [1.82, 2.24) is 0 Å². The van der Waals surface area contributed by atoms with E-state index in [1.165, 1.54) is 6.07 Å². The predicted molar refractivity (Wildman–Crippen MR) is 115 cm³/mol. The van der Waals surface area contributed by atoms with Crippen LogP contribution in [0.1, 0.15) is 23.0 Å². The molecule has 2 unspecified atom stereocenters. The molecule has 10 nitrogen and oxygen atoms in total. The maximum atomic E-state index is 11.8. The first kappa shape index (κ1) is 22.7. The molecule has 0 spiro atoms. The molecule has 1 fully saturated rings. The molecule has 32 heavy (non-hydrogen) atoms. The van der Waals surface area contributed by atoms with Gasteiger partial charge in [-0.25, -0.2) is 4.99 Å². The van der Waals surface area contributed by atoms with E-state index < -0.39 is 41.4 Å². The Morgan fingerprint density at radius 2 is 1.50 bits per heavy atom. The zero-order valence-corrected chi connectivity index (χ0v) is 16.7. The predicted octanol–water partition coefficient (Wildman–Crippen LogP) is 2.06. The summed E-state index contributed by atoms with van der Waals surface area (Å²) in [6.07, 6.45) is 0.385. The molecule has 0 radical (unpaired) electrons. The minimum atomic E-state index is -1.34. The molecule has 10 heteroatoms. The topological polar surface area (TPSA) is 172 Å². The summed E-state index contributed by atoms with van der Waals surface area (Å²) < 4.78 is 4.82. The Hall–Kier alpha value is -4.02. The van der Waals surface area contributed by atoms with Gasteiger partial charge in [-0.1, -0.05) is 13.2 Å². The van der Waals surface area contributed by atoms with E-state index >= 15 is 0 Å². The van der Waals surface area contributed by atoms with E-state index in [9.17, 15) is 35.4 Å². The van der Waals surface area contributed by atoms with Gasteiger partial charge in [0.1, 0.15) is 23.0 Å². The van der Waals surface area contributed by atoms with Crippen LogP contribution < -0.4 is 5.32 Å². The Morgan fingerprint density at radius 3 is 2.09 bits per heavy atom. The van der Waals surface area contributed by atoms with E-state index in [0.29, 0.717) is 0 Å². The van der Waals surface area contributed by atoms with Gasteiger partial charge in [-0.05, 0) is 6.08 Å². The van der Waals surface area contributed by atoms with Gasteiger partial charge in [-0.3, -0.25) is 4.79 Å². The second-order valence-electron chi connectivity index (χ2n) is 7.09. The zero-order chi connectivity index (χ0) is 23.6. The Labute approximate surface area is 182 Å². The fourth-order valence-corrected chi connectivity index (χ4v) is 3.84. The Bertz CT molecular complexity index is 1090. The number of aliphatic imine (C=N–C) groups is 1. The third-order valence-electron chi connectivity index (χ3n) is 5.19. The second kappa shape index (κ2) is 9.00. The van der Waals surface area contributed by atoms with Crippen molar-refractivity contribution in [2.45, 2.75) is 24.0 Å². The number of nitrogens with zero attached hydrogens (tertiary/aromatic N) is 1. The van der Waals surface area contributed by atoms with Crippen LogP contribution in [0.25, 0.3) is 0 Å². The number of aromatic hydroxyl groups is 4. The van der Waals surface area contributed by atoms with Gasteiger partial charge in [0.15, 0.2) is 6.40 Å². The first-order valence-corrected chi connectivity index (χ1v) is 9.39. The standard InChI is InChI=1S/C22H22N2O8/c1-3-16(29)24-13-6-11(26)8-15(28)18(13)20-21(30)19(22(20)31)17-12(23-9-32-4-2)5-10(25)7-14(17)27/h3-9,19-22,25-28,30-31H,1-2H2,(H,24,29). The molecule has 2 aromatic rings. The van der Waals surface area contributed by atoms with Crippen LogP contribution >= 0.6 is 0 Å². The highest BCUT2D eigenvalue weighted by Gasteiger charge is 2.53. The van der Waals surface area contributed by atoms with Gasteiger partial charge >= 0.3 is 0 Å². The smallest absolute Gasteiger partial charge is 0.247 e. The fourth-order valence-electron chi connectivity index (χ4n) is 3.84. The number of hydrogen-bond acceptors (Lipinski definition) is 9. The van der Waals surface area contributed by atoms with Crippen LogP contribution in [0.4, 0.5) is 11.4 Å².